The number of alkyl halides is 3. The van der Waals surface area contributed by atoms with Crippen molar-refractivity contribution in [3.8, 4) is 0 Å². The maximum atomic E-state index is 12.0. The highest BCUT2D eigenvalue weighted by Crippen LogP contribution is 2.19. The van der Waals surface area contributed by atoms with E-state index in [1.165, 1.54) is 0 Å². The first-order valence-electron chi connectivity index (χ1n) is 4.18. The zero-order valence-electron chi connectivity index (χ0n) is 7.78. The average molecular weight is 285 g/mol. The molecule has 0 radical (unpaired) electrons. The van der Waals surface area contributed by atoms with Crippen molar-refractivity contribution in [2.75, 3.05) is 0 Å². The number of aromatic nitrogens is 2. The van der Waals surface area contributed by atoms with Gasteiger partial charge in [0.1, 0.15) is 16.7 Å². The van der Waals surface area contributed by atoms with E-state index in [4.69, 9.17) is 0 Å². The lowest BCUT2D eigenvalue weighted by atomic mass is 10.3. The highest BCUT2D eigenvalue weighted by Gasteiger charge is 2.29. The second-order valence-electron chi connectivity index (χ2n) is 2.92. The van der Waals surface area contributed by atoms with E-state index < -0.39 is 18.2 Å². The lowest BCUT2D eigenvalue weighted by molar-refractivity contribution is -0.128. The lowest BCUT2D eigenvalue weighted by Crippen LogP contribution is -2.21. The van der Waals surface area contributed by atoms with Crippen LogP contribution in [0.3, 0.4) is 0 Å². The van der Waals surface area contributed by atoms with Gasteiger partial charge in [-0.1, -0.05) is 6.92 Å². The van der Waals surface area contributed by atoms with Crippen LogP contribution in [0, 0.1) is 0 Å². The molecule has 15 heavy (non-hydrogen) atoms. The molecule has 3 nitrogen and oxygen atoms in total. The Kier molecular flexibility index (Phi) is 3.54. The summed E-state index contributed by atoms with van der Waals surface area (Å²) in [6.45, 7) is 1.71. The molecule has 0 aliphatic heterocycles. The largest absolute Gasteiger partial charge is 0.396 e. The number of halogens is 4. The fourth-order valence-electron chi connectivity index (χ4n) is 1.06. The molecular weight excluding hydrogens is 277 g/mol. The number of hydrogen-bond acceptors (Lipinski definition) is 2. The molecule has 1 rings (SSSR count). The van der Waals surface area contributed by atoms with Crippen molar-refractivity contribution >= 4 is 15.9 Å². The topological polar surface area (TPSA) is 45.8 Å². The quantitative estimate of drug-likeness (QED) is 0.905. The van der Waals surface area contributed by atoms with E-state index in [1.54, 1.807) is 6.92 Å². The van der Waals surface area contributed by atoms with Gasteiger partial charge in [-0.2, -0.15) is 13.2 Å². The molecule has 0 amide bonds. The molecular formula is C8H8BrF3N2O. The van der Waals surface area contributed by atoms with E-state index in [1.807, 2.05) is 0 Å². The third-order valence-electron chi connectivity index (χ3n) is 1.68. The number of aromatic amines is 1. The molecule has 0 aliphatic rings. The predicted molar refractivity (Wildman–Crippen MR) is 51.7 cm³/mol. The van der Waals surface area contributed by atoms with E-state index >= 15 is 0 Å². The minimum Gasteiger partial charge on any atom is -0.309 e. The Hall–Kier alpha value is -0.850. The van der Waals surface area contributed by atoms with Gasteiger partial charge in [0.25, 0.3) is 5.56 Å². The molecule has 0 saturated heterocycles. The van der Waals surface area contributed by atoms with Crippen LogP contribution in [0.15, 0.2) is 9.27 Å². The van der Waals surface area contributed by atoms with Crippen molar-refractivity contribution in [2.24, 2.45) is 0 Å². The number of H-pyrrole nitrogens is 1. The molecule has 1 heterocycles. The van der Waals surface area contributed by atoms with Gasteiger partial charge in [-0.3, -0.25) is 4.79 Å². The number of nitrogens with zero attached hydrogens (tertiary/aromatic N) is 1. The van der Waals surface area contributed by atoms with Gasteiger partial charge in [0, 0.05) is 0 Å². The van der Waals surface area contributed by atoms with Crippen LogP contribution in [-0.4, -0.2) is 16.1 Å². The van der Waals surface area contributed by atoms with Crippen molar-refractivity contribution < 1.29 is 13.2 Å². The zero-order valence-corrected chi connectivity index (χ0v) is 9.37. The van der Waals surface area contributed by atoms with Gasteiger partial charge < -0.3 is 4.98 Å². The van der Waals surface area contributed by atoms with Gasteiger partial charge in [0.2, 0.25) is 0 Å². The second kappa shape index (κ2) is 4.34. The molecule has 0 aromatic carbocycles. The number of rotatable bonds is 2. The molecule has 1 N–H and O–H groups in total. The molecule has 0 bridgehead atoms. The normalized spacial score (nSPS) is 11.8. The summed E-state index contributed by atoms with van der Waals surface area (Å²) in [7, 11) is 0. The molecule has 0 aliphatic carbocycles. The third kappa shape index (κ3) is 3.33. The summed E-state index contributed by atoms with van der Waals surface area (Å²) in [5.41, 5.74) is -0.251. The van der Waals surface area contributed by atoms with Crippen LogP contribution < -0.4 is 5.56 Å². The molecule has 0 saturated carbocycles. The van der Waals surface area contributed by atoms with Crippen LogP contribution in [0.1, 0.15) is 18.4 Å². The number of hydrogen-bond donors (Lipinski definition) is 1. The van der Waals surface area contributed by atoms with E-state index in [0.29, 0.717) is 12.1 Å². The SMILES string of the molecule is CCc1nc(CC(F)(F)F)[nH]c(=O)c1Br. The predicted octanol–water partition coefficient (Wildman–Crippen LogP) is 2.20. The molecule has 1 aromatic rings. The maximum absolute atomic E-state index is 12.0. The van der Waals surface area contributed by atoms with E-state index in [0.717, 1.165) is 0 Å². The van der Waals surface area contributed by atoms with Gasteiger partial charge >= 0.3 is 6.18 Å². The minimum absolute atomic E-state index is 0.191. The van der Waals surface area contributed by atoms with E-state index in [-0.39, 0.29) is 10.3 Å². The highest BCUT2D eigenvalue weighted by atomic mass is 79.9. The van der Waals surface area contributed by atoms with Crippen molar-refractivity contribution in [3.05, 3.63) is 26.3 Å². The zero-order chi connectivity index (χ0) is 11.6. The van der Waals surface area contributed by atoms with E-state index in [9.17, 15) is 18.0 Å². The molecule has 0 atom stereocenters. The summed E-state index contributed by atoms with van der Waals surface area (Å²) < 4.78 is 36.3. The standard InChI is InChI=1S/C8H8BrF3N2O/c1-2-4-6(9)7(15)14-5(13-4)3-8(10,11)12/h2-3H2,1H3,(H,13,14,15). The summed E-state index contributed by atoms with van der Waals surface area (Å²) in [6.07, 6.45) is -5.19. The van der Waals surface area contributed by atoms with Crippen LogP contribution >= 0.6 is 15.9 Å². The summed E-state index contributed by atoms with van der Waals surface area (Å²) in [4.78, 5) is 17.0. The Balaban J connectivity index is 3.12. The first kappa shape index (κ1) is 12.2. The molecule has 0 unspecified atom stereocenters. The molecule has 1 aromatic heterocycles. The number of aryl methyl sites for hydroxylation is 1. The smallest absolute Gasteiger partial charge is 0.309 e. The van der Waals surface area contributed by atoms with Crippen molar-refractivity contribution in [1.29, 1.82) is 0 Å². The Labute approximate surface area is 91.9 Å². The average Bonchev–Trinajstić information content (AvgIpc) is 2.08. The molecule has 84 valence electrons. The van der Waals surface area contributed by atoms with Gasteiger partial charge in [0.15, 0.2) is 0 Å². The van der Waals surface area contributed by atoms with Gasteiger partial charge in [-0.05, 0) is 22.4 Å². The van der Waals surface area contributed by atoms with E-state index in [2.05, 4.69) is 25.9 Å². The highest BCUT2D eigenvalue weighted by molar-refractivity contribution is 9.10. The lowest BCUT2D eigenvalue weighted by Gasteiger charge is -2.07. The van der Waals surface area contributed by atoms with Gasteiger partial charge in [-0.25, -0.2) is 4.98 Å². The van der Waals surface area contributed by atoms with Gasteiger partial charge in [-0.15, -0.1) is 0 Å². The Morgan fingerprint density at radius 1 is 1.47 bits per heavy atom. The molecule has 0 spiro atoms. The van der Waals surface area contributed by atoms with Gasteiger partial charge in [0.05, 0.1) is 5.69 Å². The summed E-state index contributed by atoms with van der Waals surface area (Å²) in [5.74, 6) is -0.354. The fraction of sp³-hybridized carbons (Fsp3) is 0.500. The second-order valence-corrected chi connectivity index (χ2v) is 3.71. The first-order valence-corrected chi connectivity index (χ1v) is 4.97. The minimum atomic E-state index is -4.37. The monoisotopic (exact) mass is 284 g/mol. The van der Waals surface area contributed by atoms with Crippen molar-refractivity contribution in [3.63, 3.8) is 0 Å². The van der Waals surface area contributed by atoms with Crippen LogP contribution in [0.2, 0.25) is 0 Å². The summed E-state index contributed by atoms with van der Waals surface area (Å²) >= 11 is 2.97. The molecule has 0 fully saturated rings. The Morgan fingerprint density at radius 3 is 2.53 bits per heavy atom. The fourth-order valence-corrected chi connectivity index (χ4v) is 1.53. The van der Waals surface area contributed by atoms with Crippen molar-refractivity contribution in [2.45, 2.75) is 25.9 Å². The number of nitrogens with one attached hydrogen (secondary N) is 1. The first-order chi connectivity index (χ1) is 6.83. The van der Waals surface area contributed by atoms with Crippen LogP contribution in [-0.2, 0) is 12.8 Å². The molecule has 7 heteroatoms. The third-order valence-corrected chi connectivity index (χ3v) is 2.50. The van der Waals surface area contributed by atoms with Crippen LogP contribution in [0.25, 0.3) is 0 Å². The Morgan fingerprint density at radius 2 is 2.07 bits per heavy atom. The maximum Gasteiger partial charge on any atom is 0.396 e. The summed E-state index contributed by atoms with van der Waals surface area (Å²) in [6, 6.07) is 0. The Bertz CT molecular complexity index is 413. The van der Waals surface area contributed by atoms with Crippen LogP contribution in [0.5, 0.6) is 0 Å². The summed E-state index contributed by atoms with van der Waals surface area (Å²) in [5, 5.41) is 0. The van der Waals surface area contributed by atoms with Crippen LogP contribution in [0.4, 0.5) is 13.2 Å². The van der Waals surface area contributed by atoms with Crippen molar-refractivity contribution in [1.82, 2.24) is 9.97 Å².